The minimum Gasteiger partial charge on any atom is -0.354 e. The largest absolute Gasteiger partial charge is 0.354 e. The zero-order chi connectivity index (χ0) is 20.9. The Hall–Kier alpha value is -2.08. The first kappa shape index (κ1) is 24.0. The second-order valence-corrected chi connectivity index (χ2v) is 7.44. The molecule has 0 aliphatic carbocycles. The first-order valence-electron chi connectivity index (χ1n) is 10.4. The number of hydrogen-bond donors (Lipinski definition) is 2. The number of hydrogen-bond acceptors (Lipinski definition) is 3. The van der Waals surface area contributed by atoms with Gasteiger partial charge in [0.2, 0.25) is 5.91 Å². The molecule has 0 spiro atoms. The molecule has 28 heavy (non-hydrogen) atoms. The normalized spacial score (nSPS) is 13.9. The van der Waals surface area contributed by atoms with Crippen molar-refractivity contribution in [1.29, 1.82) is 0 Å². The Morgan fingerprint density at radius 2 is 1.71 bits per heavy atom. The standard InChI is InChI=1S/C22H39N5O/c1-7-27(8-2)16-12-13-18(3)24-22(23-17-21(28)26(5)6)25-19(4)20-14-10-9-11-15-20/h9-11,14-15,18-19H,7-8,12-13,16-17H2,1-6H3,(H2,23,24,25). The number of aliphatic imine (C=N–C) groups is 1. The summed E-state index contributed by atoms with van der Waals surface area (Å²) in [5.41, 5.74) is 1.19. The molecule has 0 saturated carbocycles. The van der Waals surface area contributed by atoms with E-state index in [-0.39, 0.29) is 24.5 Å². The van der Waals surface area contributed by atoms with Gasteiger partial charge in [-0.05, 0) is 51.9 Å². The predicted molar refractivity (Wildman–Crippen MR) is 119 cm³/mol. The number of rotatable bonds is 11. The third-order valence-electron chi connectivity index (χ3n) is 4.91. The van der Waals surface area contributed by atoms with Crippen LogP contribution in [-0.2, 0) is 4.79 Å². The summed E-state index contributed by atoms with van der Waals surface area (Å²) in [6.45, 7) is 12.1. The Kier molecular flexibility index (Phi) is 11.3. The van der Waals surface area contributed by atoms with Gasteiger partial charge < -0.3 is 20.4 Å². The SMILES string of the molecule is CCN(CC)CCCC(C)NC(=NCC(=O)N(C)C)NC(C)c1ccccc1. The maximum Gasteiger partial charge on any atom is 0.243 e. The highest BCUT2D eigenvalue weighted by atomic mass is 16.2. The van der Waals surface area contributed by atoms with Crippen LogP contribution in [0.4, 0.5) is 0 Å². The van der Waals surface area contributed by atoms with Crippen molar-refractivity contribution >= 4 is 11.9 Å². The van der Waals surface area contributed by atoms with E-state index in [2.05, 4.69) is 60.4 Å². The molecule has 1 rings (SSSR count). The quantitative estimate of drug-likeness (QED) is 0.451. The molecule has 2 atom stereocenters. The number of guanidine groups is 1. The van der Waals surface area contributed by atoms with Crippen LogP contribution in [0.5, 0.6) is 0 Å². The maximum atomic E-state index is 12.0. The summed E-state index contributed by atoms with van der Waals surface area (Å²) in [6, 6.07) is 10.6. The van der Waals surface area contributed by atoms with E-state index >= 15 is 0 Å². The molecule has 1 amide bonds. The number of nitrogens with zero attached hydrogens (tertiary/aromatic N) is 3. The molecule has 1 aromatic carbocycles. The van der Waals surface area contributed by atoms with E-state index in [1.807, 2.05) is 18.2 Å². The number of carbonyl (C=O) groups excluding carboxylic acids is 1. The van der Waals surface area contributed by atoms with Crippen molar-refractivity contribution in [1.82, 2.24) is 20.4 Å². The van der Waals surface area contributed by atoms with Crippen molar-refractivity contribution in [3.63, 3.8) is 0 Å². The second kappa shape index (κ2) is 13.2. The Labute approximate surface area is 171 Å². The van der Waals surface area contributed by atoms with Gasteiger partial charge in [-0.25, -0.2) is 4.99 Å². The number of likely N-dealkylation sites (N-methyl/N-ethyl adjacent to an activating group) is 1. The fourth-order valence-corrected chi connectivity index (χ4v) is 2.92. The third kappa shape index (κ3) is 9.22. The van der Waals surface area contributed by atoms with Crippen LogP contribution >= 0.6 is 0 Å². The van der Waals surface area contributed by atoms with Crippen LogP contribution in [0, 0.1) is 0 Å². The summed E-state index contributed by atoms with van der Waals surface area (Å²) in [7, 11) is 3.50. The summed E-state index contributed by atoms with van der Waals surface area (Å²) in [6.07, 6.45) is 2.19. The van der Waals surface area contributed by atoms with Gasteiger partial charge in [0.1, 0.15) is 6.54 Å². The van der Waals surface area contributed by atoms with Gasteiger partial charge in [0.25, 0.3) is 0 Å². The van der Waals surface area contributed by atoms with Crippen LogP contribution in [0.25, 0.3) is 0 Å². The zero-order valence-corrected chi connectivity index (χ0v) is 18.5. The van der Waals surface area contributed by atoms with Crippen molar-refractivity contribution in [3.05, 3.63) is 35.9 Å². The van der Waals surface area contributed by atoms with Crippen molar-refractivity contribution < 1.29 is 4.79 Å². The lowest BCUT2D eigenvalue weighted by molar-refractivity contribution is -0.127. The van der Waals surface area contributed by atoms with Crippen molar-refractivity contribution in [2.75, 3.05) is 40.3 Å². The molecular formula is C22H39N5O. The Bertz CT molecular complexity index is 584. The van der Waals surface area contributed by atoms with Crippen molar-refractivity contribution in [2.45, 2.75) is 52.6 Å². The molecule has 2 unspecified atom stereocenters. The molecule has 2 N–H and O–H groups in total. The van der Waals surface area contributed by atoms with Gasteiger partial charge in [-0.2, -0.15) is 0 Å². The van der Waals surface area contributed by atoms with E-state index in [0.717, 1.165) is 32.5 Å². The highest BCUT2D eigenvalue weighted by Gasteiger charge is 2.12. The Balaban J connectivity index is 2.69. The fourth-order valence-electron chi connectivity index (χ4n) is 2.92. The van der Waals surface area contributed by atoms with Gasteiger partial charge in [0.15, 0.2) is 5.96 Å². The fraction of sp³-hybridized carbons (Fsp3) is 0.636. The first-order valence-corrected chi connectivity index (χ1v) is 10.4. The molecule has 0 bridgehead atoms. The Morgan fingerprint density at radius 1 is 1.07 bits per heavy atom. The summed E-state index contributed by atoms with van der Waals surface area (Å²) < 4.78 is 0. The minimum absolute atomic E-state index is 0.0114. The molecule has 0 fully saturated rings. The Morgan fingerprint density at radius 3 is 2.29 bits per heavy atom. The van der Waals surface area contributed by atoms with E-state index in [4.69, 9.17) is 0 Å². The van der Waals surface area contributed by atoms with E-state index in [1.165, 1.54) is 5.56 Å². The summed E-state index contributed by atoms with van der Waals surface area (Å²) >= 11 is 0. The van der Waals surface area contributed by atoms with Gasteiger partial charge in [0, 0.05) is 20.1 Å². The number of amides is 1. The van der Waals surface area contributed by atoms with Crippen molar-refractivity contribution in [3.8, 4) is 0 Å². The van der Waals surface area contributed by atoms with E-state index in [0.29, 0.717) is 5.96 Å². The average Bonchev–Trinajstić information content (AvgIpc) is 2.69. The van der Waals surface area contributed by atoms with Gasteiger partial charge in [-0.15, -0.1) is 0 Å². The molecule has 0 heterocycles. The molecule has 0 aliphatic rings. The van der Waals surface area contributed by atoms with Crippen molar-refractivity contribution in [2.24, 2.45) is 4.99 Å². The topological polar surface area (TPSA) is 60.0 Å². The van der Waals surface area contributed by atoms with E-state index in [9.17, 15) is 4.79 Å². The minimum atomic E-state index is -0.0114. The maximum absolute atomic E-state index is 12.0. The molecule has 0 aliphatic heterocycles. The lowest BCUT2D eigenvalue weighted by Crippen LogP contribution is -2.44. The smallest absolute Gasteiger partial charge is 0.243 e. The zero-order valence-electron chi connectivity index (χ0n) is 18.5. The van der Waals surface area contributed by atoms with Gasteiger partial charge in [-0.3, -0.25) is 4.79 Å². The van der Waals surface area contributed by atoms with Crippen LogP contribution < -0.4 is 10.6 Å². The van der Waals surface area contributed by atoms with Crippen LogP contribution in [0.15, 0.2) is 35.3 Å². The molecule has 0 radical (unpaired) electrons. The van der Waals surface area contributed by atoms with Gasteiger partial charge in [-0.1, -0.05) is 44.2 Å². The molecule has 6 heteroatoms. The monoisotopic (exact) mass is 389 g/mol. The van der Waals surface area contributed by atoms with Crippen LogP contribution in [0.3, 0.4) is 0 Å². The summed E-state index contributed by atoms with van der Waals surface area (Å²) in [5.74, 6) is 0.671. The third-order valence-corrected chi connectivity index (χ3v) is 4.91. The molecule has 1 aromatic rings. The lowest BCUT2D eigenvalue weighted by Gasteiger charge is -2.23. The summed E-state index contributed by atoms with van der Waals surface area (Å²) in [4.78, 5) is 20.5. The lowest BCUT2D eigenvalue weighted by atomic mass is 10.1. The average molecular weight is 390 g/mol. The van der Waals surface area contributed by atoms with Gasteiger partial charge in [0.05, 0.1) is 6.04 Å². The highest BCUT2D eigenvalue weighted by Crippen LogP contribution is 2.11. The predicted octanol–water partition coefficient (Wildman–Crippen LogP) is 2.88. The highest BCUT2D eigenvalue weighted by molar-refractivity contribution is 5.85. The van der Waals surface area contributed by atoms with E-state index < -0.39 is 0 Å². The van der Waals surface area contributed by atoms with Crippen LogP contribution in [-0.4, -0.2) is 68.0 Å². The summed E-state index contributed by atoms with van der Waals surface area (Å²) in [5, 5.41) is 6.91. The molecule has 0 saturated heterocycles. The van der Waals surface area contributed by atoms with Crippen LogP contribution in [0.1, 0.15) is 52.1 Å². The first-order chi connectivity index (χ1) is 13.4. The van der Waals surface area contributed by atoms with Gasteiger partial charge >= 0.3 is 0 Å². The molecule has 6 nitrogen and oxygen atoms in total. The van der Waals surface area contributed by atoms with Crippen LogP contribution in [0.2, 0.25) is 0 Å². The number of nitrogens with one attached hydrogen (secondary N) is 2. The number of benzene rings is 1. The van der Waals surface area contributed by atoms with E-state index in [1.54, 1.807) is 19.0 Å². The molecule has 158 valence electrons. The molecule has 0 aromatic heterocycles. The number of carbonyl (C=O) groups is 1. The molecular weight excluding hydrogens is 350 g/mol. The second-order valence-electron chi connectivity index (χ2n) is 7.44.